The maximum absolute atomic E-state index is 10.6. The van der Waals surface area contributed by atoms with Crippen LogP contribution in [0.15, 0.2) is 22.6 Å². The Kier molecular flexibility index (Phi) is 8.28. The molecule has 1 rings (SSSR count). The number of aromatic nitrogens is 1. The predicted molar refractivity (Wildman–Crippen MR) is 94.0 cm³/mol. The monoisotopic (exact) mass is 321 g/mol. The lowest BCUT2D eigenvalue weighted by atomic mass is 10.0. The van der Waals surface area contributed by atoms with Gasteiger partial charge in [0.15, 0.2) is 0 Å². The second-order valence-corrected chi connectivity index (χ2v) is 7.05. The fourth-order valence-corrected chi connectivity index (χ4v) is 2.72. The van der Waals surface area contributed by atoms with E-state index < -0.39 is 6.10 Å². The van der Waals surface area contributed by atoms with Crippen molar-refractivity contribution in [1.29, 1.82) is 0 Å². The Morgan fingerprint density at radius 3 is 2.77 bits per heavy atom. The van der Waals surface area contributed by atoms with Crippen LogP contribution in [-0.4, -0.2) is 22.5 Å². The minimum absolute atomic E-state index is 0.144. The summed E-state index contributed by atoms with van der Waals surface area (Å²) >= 11 is 1.62. The van der Waals surface area contributed by atoms with Crippen molar-refractivity contribution in [2.75, 3.05) is 0 Å². The summed E-state index contributed by atoms with van der Waals surface area (Å²) in [7, 11) is 0. The van der Waals surface area contributed by atoms with E-state index >= 15 is 0 Å². The maximum Gasteiger partial charge on any atom is 0.122 e. The lowest BCUT2D eigenvalue weighted by Crippen LogP contribution is -2.06. The molecule has 3 nitrogen and oxygen atoms in total. The molecule has 22 heavy (non-hydrogen) atoms. The number of carbonyl (C=O) groups is 1. The highest BCUT2D eigenvalue weighted by atomic mass is 32.1. The number of aldehydes is 1. The number of allylic oxidation sites excluding steroid dienone is 1. The predicted octanol–water partition coefficient (Wildman–Crippen LogP) is 4.56. The lowest BCUT2D eigenvalue weighted by Gasteiger charge is -2.10. The first-order valence-electron chi connectivity index (χ1n) is 7.81. The zero-order valence-corrected chi connectivity index (χ0v) is 14.8. The molecule has 0 radical (unpaired) electrons. The average Bonchev–Trinajstić information content (AvgIpc) is 2.89. The Balaban J connectivity index is 2.43. The van der Waals surface area contributed by atoms with Crippen molar-refractivity contribution >= 4 is 23.7 Å². The summed E-state index contributed by atoms with van der Waals surface area (Å²) in [5.41, 5.74) is 3.13. The third kappa shape index (κ3) is 7.14. The number of rotatable bonds is 9. The molecule has 122 valence electrons. The van der Waals surface area contributed by atoms with Gasteiger partial charge in [-0.15, -0.1) is 11.3 Å². The van der Waals surface area contributed by atoms with E-state index in [2.05, 4.69) is 18.0 Å². The summed E-state index contributed by atoms with van der Waals surface area (Å²) in [5.74, 6) is 0.144. The van der Waals surface area contributed by atoms with Crippen LogP contribution in [0.25, 0.3) is 6.08 Å². The molecule has 0 fully saturated rings. The zero-order chi connectivity index (χ0) is 16.5. The highest BCUT2D eigenvalue weighted by molar-refractivity contribution is 7.09. The topological polar surface area (TPSA) is 50.2 Å². The zero-order valence-electron chi connectivity index (χ0n) is 14.0. The van der Waals surface area contributed by atoms with E-state index in [1.54, 1.807) is 11.3 Å². The Morgan fingerprint density at radius 1 is 1.45 bits per heavy atom. The second kappa shape index (κ2) is 9.70. The Morgan fingerprint density at radius 2 is 2.18 bits per heavy atom. The maximum atomic E-state index is 10.6. The van der Waals surface area contributed by atoms with Crippen LogP contribution in [0.5, 0.6) is 0 Å². The first-order chi connectivity index (χ1) is 10.4. The van der Waals surface area contributed by atoms with E-state index in [4.69, 9.17) is 0 Å². The van der Waals surface area contributed by atoms with Gasteiger partial charge in [-0.05, 0) is 58.1 Å². The standard InChI is InChI=1S/C18H27NO2S/c1-13(6-5-7-14(2)11-20)8-9-18(21)15(3)10-17-12-22-16(4)19-17/h8,10-12,14,18,21H,5-7,9H2,1-4H3. The lowest BCUT2D eigenvalue weighted by molar-refractivity contribution is -0.110. The first-order valence-corrected chi connectivity index (χ1v) is 8.69. The molecule has 1 heterocycles. The molecule has 0 aliphatic heterocycles. The normalized spacial score (nSPS) is 15.7. The van der Waals surface area contributed by atoms with Crippen LogP contribution < -0.4 is 0 Å². The van der Waals surface area contributed by atoms with Crippen molar-refractivity contribution in [2.24, 2.45) is 5.92 Å². The van der Waals surface area contributed by atoms with Gasteiger partial charge < -0.3 is 9.90 Å². The number of aliphatic hydroxyl groups excluding tert-OH is 1. The van der Waals surface area contributed by atoms with Crippen LogP contribution in [0, 0.1) is 12.8 Å². The molecular weight excluding hydrogens is 294 g/mol. The van der Waals surface area contributed by atoms with E-state index in [-0.39, 0.29) is 5.92 Å². The first kappa shape index (κ1) is 18.8. The Hall–Kier alpha value is -1.26. The fraction of sp³-hybridized carbons (Fsp3) is 0.556. The molecule has 0 aliphatic carbocycles. The van der Waals surface area contributed by atoms with Gasteiger partial charge in [-0.1, -0.05) is 18.6 Å². The molecule has 0 bridgehead atoms. The molecule has 2 atom stereocenters. The third-order valence-corrected chi connectivity index (χ3v) is 4.48. The van der Waals surface area contributed by atoms with Crippen LogP contribution in [0.3, 0.4) is 0 Å². The highest BCUT2D eigenvalue weighted by Crippen LogP contribution is 2.17. The van der Waals surface area contributed by atoms with Gasteiger partial charge in [0.05, 0.1) is 16.8 Å². The van der Waals surface area contributed by atoms with Crippen LogP contribution in [0.2, 0.25) is 0 Å². The van der Waals surface area contributed by atoms with Gasteiger partial charge >= 0.3 is 0 Å². The molecule has 0 spiro atoms. The van der Waals surface area contributed by atoms with Crippen LogP contribution >= 0.6 is 11.3 Å². The highest BCUT2D eigenvalue weighted by Gasteiger charge is 2.06. The van der Waals surface area contributed by atoms with Crippen LogP contribution in [-0.2, 0) is 4.79 Å². The largest absolute Gasteiger partial charge is 0.388 e. The summed E-state index contributed by atoms with van der Waals surface area (Å²) in [6.45, 7) is 7.95. The number of hydrogen-bond acceptors (Lipinski definition) is 4. The number of carbonyl (C=O) groups excluding carboxylic acids is 1. The van der Waals surface area contributed by atoms with Gasteiger partial charge in [-0.2, -0.15) is 0 Å². The van der Waals surface area contributed by atoms with E-state index in [0.717, 1.165) is 41.8 Å². The minimum atomic E-state index is -0.467. The van der Waals surface area contributed by atoms with Crippen molar-refractivity contribution in [1.82, 2.24) is 4.98 Å². The molecule has 1 aromatic rings. The second-order valence-electron chi connectivity index (χ2n) is 5.99. The number of hydrogen-bond donors (Lipinski definition) is 1. The summed E-state index contributed by atoms with van der Waals surface area (Å²) in [5, 5.41) is 13.2. The van der Waals surface area contributed by atoms with E-state index in [9.17, 15) is 9.90 Å². The Labute approximate surface area is 137 Å². The molecule has 4 heteroatoms. The molecule has 1 N–H and O–H groups in total. The summed E-state index contributed by atoms with van der Waals surface area (Å²) in [4.78, 5) is 14.9. The van der Waals surface area contributed by atoms with Gasteiger partial charge in [0, 0.05) is 11.3 Å². The summed E-state index contributed by atoms with van der Waals surface area (Å²) < 4.78 is 0. The van der Waals surface area contributed by atoms with Crippen molar-refractivity contribution in [2.45, 2.75) is 59.5 Å². The average molecular weight is 321 g/mol. The van der Waals surface area contributed by atoms with Crippen LogP contribution in [0.1, 0.15) is 57.2 Å². The molecule has 0 saturated heterocycles. The van der Waals surface area contributed by atoms with Gasteiger partial charge in [-0.25, -0.2) is 4.98 Å². The van der Waals surface area contributed by atoms with E-state index in [1.807, 2.05) is 32.2 Å². The minimum Gasteiger partial charge on any atom is -0.388 e. The van der Waals surface area contributed by atoms with E-state index in [1.165, 1.54) is 5.57 Å². The van der Waals surface area contributed by atoms with Crippen molar-refractivity contribution < 1.29 is 9.90 Å². The SMILES string of the molecule is CC(=CCC(O)C(C)=Cc1csc(C)n1)CCCC(C)C=O. The Bertz CT molecular complexity index is 531. The number of thiazole rings is 1. The van der Waals surface area contributed by atoms with Crippen molar-refractivity contribution in [3.8, 4) is 0 Å². The number of aliphatic hydroxyl groups is 1. The molecule has 1 aromatic heterocycles. The number of nitrogens with zero attached hydrogens (tertiary/aromatic N) is 1. The number of aryl methyl sites for hydroxylation is 1. The molecule has 0 aromatic carbocycles. The van der Waals surface area contributed by atoms with Gasteiger partial charge in [-0.3, -0.25) is 0 Å². The fourth-order valence-electron chi connectivity index (χ4n) is 2.15. The molecule has 2 unspecified atom stereocenters. The molecular formula is C18H27NO2S. The molecule has 0 saturated carbocycles. The molecule has 0 amide bonds. The molecule has 0 aliphatic rings. The quantitative estimate of drug-likeness (QED) is 0.536. The van der Waals surface area contributed by atoms with Crippen molar-refractivity contribution in [3.63, 3.8) is 0 Å². The third-order valence-electron chi connectivity index (χ3n) is 3.69. The van der Waals surface area contributed by atoms with Crippen LogP contribution in [0.4, 0.5) is 0 Å². The summed E-state index contributed by atoms with van der Waals surface area (Å²) in [6.07, 6.45) is 8.15. The van der Waals surface area contributed by atoms with Gasteiger partial charge in [0.25, 0.3) is 0 Å². The van der Waals surface area contributed by atoms with Gasteiger partial charge in [0.1, 0.15) is 6.29 Å². The van der Waals surface area contributed by atoms with Crippen molar-refractivity contribution in [3.05, 3.63) is 33.3 Å². The summed E-state index contributed by atoms with van der Waals surface area (Å²) in [6, 6.07) is 0. The smallest absolute Gasteiger partial charge is 0.122 e. The van der Waals surface area contributed by atoms with E-state index in [0.29, 0.717) is 6.42 Å². The van der Waals surface area contributed by atoms with Gasteiger partial charge in [0.2, 0.25) is 0 Å².